The predicted molar refractivity (Wildman–Crippen MR) is 79.1 cm³/mol. The monoisotopic (exact) mass is 272 g/mol. The van der Waals surface area contributed by atoms with Gasteiger partial charge in [0.05, 0.1) is 12.1 Å². The van der Waals surface area contributed by atoms with Crippen LogP contribution in [0.1, 0.15) is 22.5 Å². The van der Waals surface area contributed by atoms with E-state index < -0.39 is 0 Å². The van der Waals surface area contributed by atoms with Crippen LogP contribution in [0, 0.1) is 13.8 Å². The summed E-state index contributed by atoms with van der Waals surface area (Å²) in [6, 6.07) is 7.38. The number of amides is 1. The first-order chi connectivity index (χ1) is 9.47. The first-order valence-corrected chi connectivity index (χ1v) is 6.57. The molecule has 3 N–H and O–H groups in total. The Morgan fingerprint density at radius 2 is 2.15 bits per heavy atom. The topological polar surface area (TPSA) is 72.9 Å². The third-order valence-corrected chi connectivity index (χ3v) is 3.44. The average Bonchev–Trinajstić information content (AvgIpc) is 2.61. The summed E-state index contributed by atoms with van der Waals surface area (Å²) in [5, 5.41) is 7.26. The van der Waals surface area contributed by atoms with E-state index in [1.807, 2.05) is 49.8 Å². The molecule has 0 aliphatic heterocycles. The molecular formula is C15H20N4O. The lowest BCUT2D eigenvalue weighted by Gasteiger charge is -2.06. The van der Waals surface area contributed by atoms with Crippen molar-refractivity contribution in [3.8, 4) is 0 Å². The van der Waals surface area contributed by atoms with Gasteiger partial charge in [-0.15, -0.1) is 0 Å². The molecule has 0 unspecified atom stereocenters. The van der Waals surface area contributed by atoms with Crippen LogP contribution in [0.5, 0.6) is 0 Å². The van der Waals surface area contributed by atoms with Crippen molar-refractivity contribution in [2.45, 2.75) is 26.8 Å². The molecule has 2 rings (SSSR count). The summed E-state index contributed by atoms with van der Waals surface area (Å²) in [4.78, 5) is 11.9. The highest BCUT2D eigenvalue weighted by atomic mass is 16.1. The van der Waals surface area contributed by atoms with Gasteiger partial charge in [-0.2, -0.15) is 5.10 Å². The molecule has 0 aliphatic rings. The first-order valence-electron chi connectivity index (χ1n) is 6.57. The van der Waals surface area contributed by atoms with Gasteiger partial charge in [-0.05, 0) is 31.5 Å². The first kappa shape index (κ1) is 14.1. The minimum atomic E-state index is -0.0155. The molecule has 0 fully saturated rings. The fourth-order valence-corrected chi connectivity index (χ4v) is 2.21. The molecule has 0 radical (unpaired) electrons. The highest BCUT2D eigenvalue weighted by molar-refractivity contribution is 5.78. The van der Waals surface area contributed by atoms with Gasteiger partial charge in [-0.1, -0.05) is 12.1 Å². The van der Waals surface area contributed by atoms with E-state index in [-0.39, 0.29) is 5.91 Å². The number of carbonyl (C=O) groups is 1. The zero-order valence-corrected chi connectivity index (χ0v) is 12.1. The van der Waals surface area contributed by atoms with Gasteiger partial charge in [-0.3, -0.25) is 9.48 Å². The molecule has 1 aromatic heterocycles. The fraction of sp³-hybridized carbons (Fsp3) is 0.333. The van der Waals surface area contributed by atoms with Gasteiger partial charge >= 0.3 is 0 Å². The maximum atomic E-state index is 11.9. The quantitative estimate of drug-likeness (QED) is 0.828. The average molecular weight is 272 g/mol. The van der Waals surface area contributed by atoms with E-state index in [9.17, 15) is 4.79 Å². The SMILES string of the molecule is Cc1nn(C)c(C)c1CNC(=O)Cc1cccc(N)c1. The van der Waals surface area contributed by atoms with Crippen LogP contribution in [0.4, 0.5) is 5.69 Å². The zero-order valence-electron chi connectivity index (χ0n) is 12.1. The third-order valence-electron chi connectivity index (χ3n) is 3.44. The van der Waals surface area contributed by atoms with Crippen molar-refractivity contribution in [2.75, 3.05) is 5.73 Å². The maximum Gasteiger partial charge on any atom is 0.224 e. The predicted octanol–water partition coefficient (Wildman–Crippen LogP) is 1.48. The van der Waals surface area contributed by atoms with E-state index in [1.54, 1.807) is 0 Å². The summed E-state index contributed by atoms with van der Waals surface area (Å²) >= 11 is 0. The van der Waals surface area contributed by atoms with Crippen LogP contribution in [0.15, 0.2) is 24.3 Å². The number of rotatable bonds is 4. The Hall–Kier alpha value is -2.30. The van der Waals surface area contributed by atoms with Gasteiger partial charge in [0.25, 0.3) is 0 Å². The molecule has 106 valence electrons. The molecule has 1 aromatic carbocycles. The van der Waals surface area contributed by atoms with Crippen molar-refractivity contribution in [1.82, 2.24) is 15.1 Å². The van der Waals surface area contributed by atoms with Crippen molar-refractivity contribution in [3.05, 3.63) is 46.8 Å². The van der Waals surface area contributed by atoms with Gasteiger partial charge < -0.3 is 11.1 Å². The van der Waals surface area contributed by atoms with Crippen molar-refractivity contribution in [2.24, 2.45) is 7.05 Å². The van der Waals surface area contributed by atoms with E-state index in [2.05, 4.69) is 10.4 Å². The van der Waals surface area contributed by atoms with Crippen LogP contribution in [0.3, 0.4) is 0 Å². The van der Waals surface area contributed by atoms with Gasteiger partial charge in [0.2, 0.25) is 5.91 Å². The van der Waals surface area contributed by atoms with Crippen LogP contribution >= 0.6 is 0 Å². The molecule has 0 bridgehead atoms. The smallest absolute Gasteiger partial charge is 0.224 e. The Bertz CT molecular complexity index is 631. The number of aryl methyl sites for hydroxylation is 2. The number of nitrogens with zero attached hydrogens (tertiary/aromatic N) is 2. The van der Waals surface area contributed by atoms with Crippen LogP contribution in [0.2, 0.25) is 0 Å². The Balaban J connectivity index is 1.96. The number of hydrogen-bond donors (Lipinski definition) is 2. The van der Waals surface area contributed by atoms with E-state index in [0.29, 0.717) is 18.7 Å². The number of benzene rings is 1. The van der Waals surface area contributed by atoms with Crippen molar-refractivity contribution >= 4 is 11.6 Å². The number of aromatic nitrogens is 2. The summed E-state index contributed by atoms with van der Waals surface area (Å²) in [5.41, 5.74) is 10.4. The summed E-state index contributed by atoms with van der Waals surface area (Å²) in [5.74, 6) is -0.0155. The number of hydrogen-bond acceptors (Lipinski definition) is 3. The van der Waals surface area contributed by atoms with Gasteiger partial charge in [-0.25, -0.2) is 0 Å². The number of carbonyl (C=O) groups excluding carboxylic acids is 1. The Morgan fingerprint density at radius 3 is 2.75 bits per heavy atom. The molecule has 5 heteroatoms. The zero-order chi connectivity index (χ0) is 14.7. The summed E-state index contributed by atoms with van der Waals surface area (Å²) in [7, 11) is 1.90. The van der Waals surface area contributed by atoms with Gasteiger partial charge in [0.1, 0.15) is 0 Å². The molecule has 0 saturated heterocycles. The van der Waals surface area contributed by atoms with Gasteiger partial charge in [0, 0.05) is 30.5 Å². The minimum absolute atomic E-state index is 0.0155. The summed E-state index contributed by atoms with van der Waals surface area (Å²) in [6.45, 7) is 4.46. The molecule has 5 nitrogen and oxygen atoms in total. The van der Waals surface area contributed by atoms with Crippen LogP contribution in [-0.4, -0.2) is 15.7 Å². The summed E-state index contributed by atoms with van der Waals surface area (Å²) < 4.78 is 1.83. The molecule has 0 atom stereocenters. The lowest BCUT2D eigenvalue weighted by Crippen LogP contribution is -2.25. The Morgan fingerprint density at radius 1 is 1.40 bits per heavy atom. The lowest BCUT2D eigenvalue weighted by atomic mass is 10.1. The molecule has 0 saturated carbocycles. The minimum Gasteiger partial charge on any atom is -0.399 e. The molecule has 0 aliphatic carbocycles. The molecule has 1 heterocycles. The normalized spacial score (nSPS) is 10.6. The number of anilines is 1. The second kappa shape index (κ2) is 5.77. The van der Waals surface area contributed by atoms with Crippen molar-refractivity contribution < 1.29 is 4.79 Å². The van der Waals surface area contributed by atoms with E-state index in [4.69, 9.17) is 5.73 Å². The van der Waals surface area contributed by atoms with E-state index in [1.165, 1.54) is 0 Å². The fourth-order valence-electron chi connectivity index (χ4n) is 2.21. The number of nitrogens with one attached hydrogen (secondary N) is 1. The lowest BCUT2D eigenvalue weighted by molar-refractivity contribution is -0.120. The van der Waals surface area contributed by atoms with Gasteiger partial charge in [0.15, 0.2) is 0 Å². The second-order valence-corrected chi connectivity index (χ2v) is 4.97. The largest absolute Gasteiger partial charge is 0.399 e. The number of nitrogens with two attached hydrogens (primary N) is 1. The second-order valence-electron chi connectivity index (χ2n) is 4.97. The highest BCUT2D eigenvalue weighted by Gasteiger charge is 2.10. The molecule has 20 heavy (non-hydrogen) atoms. The van der Waals surface area contributed by atoms with E-state index in [0.717, 1.165) is 22.5 Å². The van der Waals surface area contributed by atoms with E-state index >= 15 is 0 Å². The number of nitrogen functional groups attached to an aromatic ring is 1. The van der Waals surface area contributed by atoms with Crippen LogP contribution < -0.4 is 11.1 Å². The molecule has 1 amide bonds. The van der Waals surface area contributed by atoms with Crippen LogP contribution in [-0.2, 0) is 24.8 Å². The maximum absolute atomic E-state index is 11.9. The molecule has 0 spiro atoms. The highest BCUT2D eigenvalue weighted by Crippen LogP contribution is 2.11. The third kappa shape index (κ3) is 3.17. The Labute approximate surface area is 118 Å². The van der Waals surface area contributed by atoms with Crippen LogP contribution in [0.25, 0.3) is 0 Å². The standard InChI is InChI=1S/C15H20N4O/c1-10-14(11(2)19(3)18-10)9-17-15(20)8-12-5-4-6-13(16)7-12/h4-7H,8-9,16H2,1-3H3,(H,17,20). The molecular weight excluding hydrogens is 252 g/mol. The Kier molecular flexibility index (Phi) is 4.08. The summed E-state index contributed by atoms with van der Waals surface area (Å²) in [6.07, 6.45) is 0.337. The van der Waals surface area contributed by atoms with Crippen molar-refractivity contribution in [3.63, 3.8) is 0 Å². The van der Waals surface area contributed by atoms with Crippen molar-refractivity contribution in [1.29, 1.82) is 0 Å². The molecule has 2 aromatic rings.